The molecule has 27 heavy (non-hydrogen) atoms. The normalized spacial score (nSPS) is 10.1. The van der Waals surface area contributed by atoms with Gasteiger partial charge in [0, 0.05) is 13.1 Å². The Morgan fingerprint density at radius 2 is 1.78 bits per heavy atom. The first-order valence-electron chi connectivity index (χ1n) is 8.55. The van der Waals surface area contributed by atoms with E-state index in [2.05, 4.69) is 5.32 Å². The van der Waals surface area contributed by atoms with Crippen molar-refractivity contribution in [3.05, 3.63) is 70.7 Å². The average molecular weight is 405 g/mol. The number of carbonyl (C=O) groups excluding carboxylic acids is 2. The van der Waals surface area contributed by atoms with Gasteiger partial charge in [0.2, 0.25) is 0 Å². The second kappa shape index (κ2) is 10.6. The van der Waals surface area contributed by atoms with Gasteiger partial charge in [-0.25, -0.2) is 0 Å². The fourth-order valence-corrected chi connectivity index (χ4v) is 2.87. The second-order valence-corrected chi connectivity index (χ2v) is 6.50. The zero-order valence-corrected chi connectivity index (χ0v) is 16.6. The van der Waals surface area contributed by atoms with Crippen LogP contribution >= 0.6 is 23.8 Å². The van der Waals surface area contributed by atoms with Gasteiger partial charge in [0.1, 0.15) is 0 Å². The molecule has 0 atom stereocenters. The van der Waals surface area contributed by atoms with Gasteiger partial charge in [0.25, 0.3) is 5.91 Å². The molecule has 2 aromatic carbocycles. The number of nitrogens with zero attached hydrogens (tertiary/aromatic N) is 1. The Balaban J connectivity index is 2.08. The molecule has 0 unspecified atom stereocenters. The number of rotatable bonds is 7. The number of nitrogens with one attached hydrogen (secondary N) is 1. The fraction of sp³-hybridized carbons (Fsp3) is 0.250. The van der Waals surface area contributed by atoms with Crippen LogP contribution in [0.1, 0.15) is 29.3 Å². The molecule has 0 aliphatic carbocycles. The van der Waals surface area contributed by atoms with E-state index in [4.69, 9.17) is 28.6 Å². The maximum Gasteiger partial charge on any atom is 0.307 e. The predicted molar refractivity (Wildman–Crippen MR) is 110 cm³/mol. The zero-order chi connectivity index (χ0) is 19.6. The smallest absolute Gasteiger partial charge is 0.307 e. The van der Waals surface area contributed by atoms with Gasteiger partial charge in [-0.2, -0.15) is 0 Å². The van der Waals surface area contributed by atoms with Crippen LogP contribution in [0.5, 0.6) is 0 Å². The standard InChI is InChI=1S/C20H21ClN2O3S/c1-2-26-18(24)12-13-23(14-15-8-4-3-5-9-15)20(27)22-19(25)16-10-6-7-11-17(16)21/h3-11H,2,12-14H2,1H3,(H,22,25,27). The van der Waals surface area contributed by atoms with Crippen molar-refractivity contribution < 1.29 is 14.3 Å². The minimum Gasteiger partial charge on any atom is -0.466 e. The first-order valence-corrected chi connectivity index (χ1v) is 9.34. The minimum absolute atomic E-state index is 0.169. The number of amides is 1. The molecule has 0 saturated carbocycles. The Bertz CT molecular complexity index is 799. The number of ether oxygens (including phenoxy) is 1. The third-order valence-electron chi connectivity index (χ3n) is 3.73. The molecule has 0 heterocycles. The summed E-state index contributed by atoms with van der Waals surface area (Å²) in [5.74, 6) is -0.699. The Morgan fingerprint density at radius 3 is 2.44 bits per heavy atom. The van der Waals surface area contributed by atoms with Crippen molar-refractivity contribution in [1.82, 2.24) is 10.2 Å². The molecule has 0 radical (unpaired) electrons. The van der Waals surface area contributed by atoms with Gasteiger partial charge in [-0.3, -0.25) is 14.9 Å². The van der Waals surface area contributed by atoms with Crippen molar-refractivity contribution >= 4 is 40.8 Å². The van der Waals surface area contributed by atoms with E-state index >= 15 is 0 Å². The lowest BCUT2D eigenvalue weighted by Crippen LogP contribution is -2.43. The summed E-state index contributed by atoms with van der Waals surface area (Å²) in [4.78, 5) is 25.9. The quantitative estimate of drug-likeness (QED) is 0.561. The lowest BCUT2D eigenvalue weighted by molar-refractivity contribution is -0.143. The Kier molecular flexibility index (Phi) is 8.23. The predicted octanol–water partition coefficient (Wildman–Crippen LogP) is 3.81. The summed E-state index contributed by atoms with van der Waals surface area (Å²) in [5.41, 5.74) is 1.35. The van der Waals surface area contributed by atoms with Crippen molar-refractivity contribution in [2.75, 3.05) is 13.2 Å². The number of halogens is 1. The first kappa shape index (κ1) is 20.9. The topological polar surface area (TPSA) is 58.6 Å². The van der Waals surface area contributed by atoms with E-state index < -0.39 is 0 Å². The summed E-state index contributed by atoms with van der Waals surface area (Å²) < 4.78 is 4.97. The van der Waals surface area contributed by atoms with Crippen molar-refractivity contribution in [1.29, 1.82) is 0 Å². The second-order valence-electron chi connectivity index (χ2n) is 5.70. The Labute approximate surface area is 169 Å². The molecule has 0 fully saturated rings. The van der Waals surface area contributed by atoms with Gasteiger partial charge in [-0.05, 0) is 36.8 Å². The van der Waals surface area contributed by atoms with Crippen LogP contribution in [0.25, 0.3) is 0 Å². The van der Waals surface area contributed by atoms with Crippen molar-refractivity contribution in [3.8, 4) is 0 Å². The average Bonchev–Trinajstić information content (AvgIpc) is 2.66. The van der Waals surface area contributed by atoms with E-state index in [1.165, 1.54) is 0 Å². The van der Waals surface area contributed by atoms with E-state index in [1.54, 1.807) is 36.1 Å². The van der Waals surface area contributed by atoms with Gasteiger partial charge >= 0.3 is 5.97 Å². The van der Waals surface area contributed by atoms with E-state index in [0.717, 1.165) is 5.56 Å². The van der Waals surface area contributed by atoms with Crippen LogP contribution in [0, 0.1) is 0 Å². The number of hydrogen-bond acceptors (Lipinski definition) is 4. The highest BCUT2D eigenvalue weighted by Crippen LogP contribution is 2.15. The molecule has 2 aromatic rings. The molecular weight excluding hydrogens is 384 g/mol. The summed E-state index contributed by atoms with van der Waals surface area (Å²) in [5, 5.41) is 3.27. The van der Waals surface area contributed by atoms with Crippen LogP contribution in [0.15, 0.2) is 54.6 Å². The van der Waals surface area contributed by atoms with Crippen LogP contribution in [-0.4, -0.2) is 35.0 Å². The molecule has 1 N–H and O–H groups in total. The summed E-state index contributed by atoms with van der Waals surface area (Å²) in [6.45, 7) is 2.87. The van der Waals surface area contributed by atoms with Crippen LogP contribution in [-0.2, 0) is 16.1 Å². The third kappa shape index (κ3) is 6.66. The first-order chi connectivity index (χ1) is 13.0. The molecule has 0 bridgehead atoms. The molecule has 5 nitrogen and oxygen atoms in total. The highest BCUT2D eigenvalue weighted by atomic mass is 35.5. The van der Waals surface area contributed by atoms with E-state index in [9.17, 15) is 9.59 Å². The maximum atomic E-state index is 12.5. The SMILES string of the molecule is CCOC(=O)CCN(Cc1ccccc1)C(=S)NC(=O)c1ccccc1Cl. The number of benzene rings is 2. The van der Waals surface area contributed by atoms with Crippen LogP contribution < -0.4 is 5.32 Å². The summed E-state index contributed by atoms with van der Waals surface area (Å²) in [6.07, 6.45) is 0.169. The van der Waals surface area contributed by atoms with Gasteiger partial charge in [0.15, 0.2) is 5.11 Å². The lowest BCUT2D eigenvalue weighted by Gasteiger charge is -2.25. The van der Waals surface area contributed by atoms with Crippen LogP contribution in [0.3, 0.4) is 0 Å². The van der Waals surface area contributed by atoms with Gasteiger partial charge in [0.05, 0.1) is 23.6 Å². The number of thiocarbonyl (C=S) groups is 1. The number of esters is 1. The highest BCUT2D eigenvalue weighted by Gasteiger charge is 2.17. The molecule has 2 rings (SSSR count). The van der Waals surface area contributed by atoms with E-state index in [1.807, 2.05) is 30.3 Å². The van der Waals surface area contributed by atoms with Gasteiger partial charge in [-0.1, -0.05) is 54.1 Å². The fourth-order valence-electron chi connectivity index (χ4n) is 2.40. The molecular formula is C20H21ClN2O3S. The molecule has 1 amide bonds. The molecule has 0 aromatic heterocycles. The van der Waals surface area contributed by atoms with Crippen molar-refractivity contribution in [3.63, 3.8) is 0 Å². The highest BCUT2D eigenvalue weighted by molar-refractivity contribution is 7.80. The van der Waals surface area contributed by atoms with E-state index in [0.29, 0.717) is 30.3 Å². The molecule has 7 heteroatoms. The maximum absolute atomic E-state index is 12.5. The Morgan fingerprint density at radius 1 is 1.11 bits per heavy atom. The van der Waals surface area contributed by atoms with Crippen LogP contribution in [0.2, 0.25) is 5.02 Å². The third-order valence-corrected chi connectivity index (χ3v) is 4.42. The minimum atomic E-state index is -0.389. The molecule has 142 valence electrons. The molecule has 0 saturated heterocycles. The molecule has 0 aliphatic heterocycles. The monoisotopic (exact) mass is 404 g/mol. The zero-order valence-electron chi connectivity index (χ0n) is 15.0. The van der Waals surface area contributed by atoms with Crippen LogP contribution in [0.4, 0.5) is 0 Å². The van der Waals surface area contributed by atoms with Gasteiger partial charge < -0.3 is 9.64 Å². The Hall–Kier alpha value is -2.44. The number of hydrogen-bond donors (Lipinski definition) is 1. The largest absolute Gasteiger partial charge is 0.466 e. The van der Waals surface area contributed by atoms with Gasteiger partial charge in [-0.15, -0.1) is 0 Å². The van der Waals surface area contributed by atoms with Crippen molar-refractivity contribution in [2.24, 2.45) is 0 Å². The lowest BCUT2D eigenvalue weighted by atomic mass is 10.2. The molecule has 0 spiro atoms. The van der Waals surface area contributed by atoms with Crippen molar-refractivity contribution in [2.45, 2.75) is 19.9 Å². The summed E-state index contributed by atoms with van der Waals surface area (Å²) in [6, 6.07) is 16.4. The number of carbonyl (C=O) groups is 2. The molecule has 0 aliphatic rings. The van der Waals surface area contributed by atoms with E-state index in [-0.39, 0.29) is 23.4 Å². The summed E-state index contributed by atoms with van der Waals surface area (Å²) >= 11 is 11.5. The summed E-state index contributed by atoms with van der Waals surface area (Å²) in [7, 11) is 0.